The van der Waals surface area contributed by atoms with Crippen LogP contribution in [0.5, 0.6) is 0 Å². The van der Waals surface area contributed by atoms with Crippen molar-refractivity contribution in [3.8, 4) is 33.6 Å². The van der Waals surface area contributed by atoms with Gasteiger partial charge >= 0.3 is 12.2 Å². The van der Waals surface area contributed by atoms with Crippen LogP contribution in [-0.2, 0) is 19.0 Å². The summed E-state index contributed by atoms with van der Waals surface area (Å²) in [6, 6.07) is 30.3. The highest BCUT2D eigenvalue weighted by Crippen LogP contribution is 2.43. The van der Waals surface area contributed by atoms with E-state index in [2.05, 4.69) is 109 Å². The number of nitrogens with zero attached hydrogens (tertiary/aromatic N) is 4. The Kier molecular flexibility index (Phi) is 13.1. The molecule has 15 heteroatoms. The molecule has 4 aromatic carbocycles. The number of likely N-dealkylation sites (tertiary alicyclic amines) is 2. The lowest BCUT2D eigenvalue weighted by atomic mass is 9.90. The van der Waals surface area contributed by atoms with E-state index in [0.29, 0.717) is 51.4 Å². The molecule has 6 aromatic rings. The maximum Gasteiger partial charge on any atom is 0.407 e. The Morgan fingerprint density at radius 3 is 2.08 bits per heavy atom. The molecule has 2 aromatic heterocycles. The van der Waals surface area contributed by atoms with E-state index >= 15 is 0 Å². The number of hydrogen-bond donors (Lipinski definition) is 4. The quantitative estimate of drug-likeness (QED) is 0.0876. The third kappa shape index (κ3) is 9.82. The van der Waals surface area contributed by atoms with Gasteiger partial charge in [0.1, 0.15) is 17.7 Å². The van der Waals surface area contributed by atoms with E-state index in [1.807, 2.05) is 47.6 Å². The van der Waals surface area contributed by atoms with Crippen molar-refractivity contribution in [2.45, 2.75) is 67.5 Å². The summed E-state index contributed by atoms with van der Waals surface area (Å²) in [5.74, 6) is 1.43. The molecule has 0 bridgehead atoms. The Hall–Kier alpha value is -6.03. The zero-order chi connectivity index (χ0) is 45.1. The summed E-state index contributed by atoms with van der Waals surface area (Å²) in [7, 11) is 2.70. The van der Waals surface area contributed by atoms with Crippen molar-refractivity contribution in [2.75, 3.05) is 47.1 Å². The van der Waals surface area contributed by atoms with Gasteiger partial charge in [0, 0.05) is 36.2 Å². The molecule has 5 atom stereocenters. The van der Waals surface area contributed by atoms with Gasteiger partial charge in [-0.1, -0.05) is 94.8 Å². The number of halogens is 1. The number of amides is 3. The van der Waals surface area contributed by atoms with Crippen LogP contribution in [0.25, 0.3) is 44.4 Å². The van der Waals surface area contributed by atoms with Gasteiger partial charge in [0.05, 0.1) is 56.1 Å². The van der Waals surface area contributed by atoms with Crippen molar-refractivity contribution in [1.29, 1.82) is 0 Å². The second-order valence-corrected chi connectivity index (χ2v) is 19.5. The van der Waals surface area contributed by atoms with Crippen LogP contribution in [0.4, 0.5) is 9.59 Å². The number of ether oxygens (including phenoxy) is 3. The number of hydrogen-bond acceptors (Lipinski definition) is 9. The lowest BCUT2D eigenvalue weighted by Gasteiger charge is -2.34. The van der Waals surface area contributed by atoms with E-state index in [9.17, 15) is 14.4 Å². The Bertz CT molecular complexity index is 2630. The highest BCUT2D eigenvalue weighted by molar-refractivity contribution is 9.10. The van der Waals surface area contributed by atoms with Gasteiger partial charge in [-0.3, -0.25) is 9.69 Å². The molecule has 9 rings (SSSR count). The van der Waals surface area contributed by atoms with Gasteiger partial charge < -0.3 is 39.7 Å². The average molecular weight is 944 g/mol. The largest absolute Gasteiger partial charge is 0.453 e. The molecule has 0 spiro atoms. The molecule has 3 fully saturated rings. The zero-order valence-corrected chi connectivity index (χ0v) is 38.5. The summed E-state index contributed by atoms with van der Waals surface area (Å²) < 4.78 is 15.1. The van der Waals surface area contributed by atoms with E-state index in [4.69, 9.17) is 24.2 Å². The summed E-state index contributed by atoms with van der Waals surface area (Å²) in [5.41, 5.74) is 7.10. The Morgan fingerprint density at radius 1 is 0.785 bits per heavy atom. The molecule has 3 aliphatic rings. The first-order valence-electron chi connectivity index (χ1n) is 22.4. The van der Waals surface area contributed by atoms with Gasteiger partial charge in [-0.2, -0.15) is 0 Å². The van der Waals surface area contributed by atoms with Crippen LogP contribution in [0, 0.1) is 5.92 Å². The van der Waals surface area contributed by atoms with E-state index in [1.165, 1.54) is 14.2 Å². The van der Waals surface area contributed by atoms with Crippen LogP contribution in [0.15, 0.2) is 103 Å². The van der Waals surface area contributed by atoms with Crippen LogP contribution in [-0.4, -0.2) is 105 Å². The van der Waals surface area contributed by atoms with Crippen molar-refractivity contribution in [3.05, 3.63) is 121 Å². The maximum atomic E-state index is 14.3. The zero-order valence-electron chi connectivity index (χ0n) is 36.9. The number of aromatic amines is 2. The van der Waals surface area contributed by atoms with Gasteiger partial charge in [0.2, 0.25) is 5.91 Å². The number of rotatable bonds is 12. The Morgan fingerprint density at radius 2 is 1.38 bits per heavy atom. The number of carbonyl (C=O) groups excluding carboxylic acids is 3. The summed E-state index contributed by atoms with van der Waals surface area (Å²) in [6.07, 6.45) is 6.71. The van der Waals surface area contributed by atoms with Crippen LogP contribution in [0.1, 0.15) is 74.4 Å². The molecule has 0 aliphatic carbocycles. The molecule has 65 heavy (non-hydrogen) atoms. The van der Waals surface area contributed by atoms with E-state index in [0.717, 1.165) is 75.2 Å². The predicted molar refractivity (Wildman–Crippen MR) is 252 cm³/mol. The molecular formula is C50H55BrN8O6. The topological polar surface area (TPSA) is 167 Å². The average Bonchev–Trinajstić information content (AvgIpc) is 4.18. The number of benzene rings is 4. The molecular weight excluding hydrogens is 889 g/mol. The number of nitrogens with one attached hydrogen (secondary N) is 4. The number of carbonyl (C=O) groups is 3. The molecule has 338 valence electrons. The van der Waals surface area contributed by atoms with Crippen LogP contribution < -0.4 is 10.6 Å². The number of alkyl carbamates (subject to hydrolysis) is 2. The number of alkyl halides is 1. The highest BCUT2D eigenvalue weighted by atomic mass is 79.9. The molecule has 3 saturated heterocycles. The van der Waals surface area contributed by atoms with E-state index in [-0.39, 0.29) is 34.3 Å². The standard InChI is InChI=1S/C50H55BrN8O6/c1-50(51)26-43(59(30-50)47(60)44(57-49(62)64-3)34-19-22-65-23-20-34)46-53-27-39(54-46)33-13-11-31(12-14-33)35-15-16-37-25-38(18-17-36(37)24-35)40-28-52-45(55-40)42-10-7-21-58(42)29-41(56-48(61)63-2)32-8-5-4-6-9-32/h4-6,8-9,11-18,24-25,27-28,34,41-44H,7,10,19-23,26,29-30H2,1-3H3,(H,52,55)(H,53,54)(H,56,61)(H,57,62)/t41?,42-,43-,44-,50?/m0/s1. The van der Waals surface area contributed by atoms with Crippen molar-refractivity contribution < 1.29 is 28.6 Å². The highest BCUT2D eigenvalue weighted by Gasteiger charge is 2.47. The smallest absolute Gasteiger partial charge is 0.407 e. The van der Waals surface area contributed by atoms with Crippen molar-refractivity contribution in [2.24, 2.45) is 5.92 Å². The summed E-state index contributed by atoms with van der Waals surface area (Å²) in [4.78, 5) is 60.0. The normalized spacial score (nSPS) is 21.3. The van der Waals surface area contributed by atoms with Crippen LogP contribution >= 0.6 is 15.9 Å². The number of aromatic nitrogens is 4. The number of fused-ring (bicyclic) bond motifs is 1. The summed E-state index contributed by atoms with van der Waals surface area (Å²) in [6.45, 7) is 5.20. The molecule has 4 N–H and O–H groups in total. The summed E-state index contributed by atoms with van der Waals surface area (Å²) in [5, 5.41) is 8.12. The van der Waals surface area contributed by atoms with E-state index in [1.54, 1.807) is 0 Å². The molecule has 0 radical (unpaired) electrons. The minimum absolute atomic E-state index is 0.0557. The molecule has 5 heterocycles. The van der Waals surface area contributed by atoms with Gasteiger partial charge in [-0.15, -0.1) is 0 Å². The third-order valence-electron chi connectivity index (χ3n) is 13.2. The molecule has 14 nitrogen and oxygen atoms in total. The van der Waals surface area contributed by atoms with Crippen LogP contribution in [0.2, 0.25) is 0 Å². The predicted octanol–water partition coefficient (Wildman–Crippen LogP) is 9.10. The van der Waals surface area contributed by atoms with Gasteiger partial charge in [-0.05, 0) is 96.6 Å². The Labute approximate surface area is 387 Å². The minimum Gasteiger partial charge on any atom is -0.453 e. The summed E-state index contributed by atoms with van der Waals surface area (Å²) >= 11 is 3.86. The van der Waals surface area contributed by atoms with Crippen molar-refractivity contribution >= 4 is 44.8 Å². The fraction of sp³-hybridized carbons (Fsp3) is 0.380. The number of imidazole rings is 2. The minimum atomic E-state index is -0.724. The first-order chi connectivity index (χ1) is 31.6. The second kappa shape index (κ2) is 19.2. The lowest BCUT2D eigenvalue weighted by Crippen LogP contribution is -2.53. The fourth-order valence-electron chi connectivity index (χ4n) is 9.76. The first-order valence-corrected chi connectivity index (χ1v) is 23.1. The van der Waals surface area contributed by atoms with Gasteiger partial charge in [-0.25, -0.2) is 19.6 Å². The molecule has 0 saturated carbocycles. The van der Waals surface area contributed by atoms with E-state index < -0.39 is 18.2 Å². The lowest BCUT2D eigenvalue weighted by molar-refractivity contribution is -0.136. The molecule has 3 aliphatic heterocycles. The Balaban J connectivity index is 0.874. The SMILES string of the molecule is COC(=O)NC(CN1CCC[C@H]1c1ncc(-c2ccc3cc(-c4ccc(-c5cnc([C@@H]6CC(C)(Br)CN6C(=O)[C@@H](NC(=O)OC)C6CCOCC6)[nH]5)cc4)ccc3c2)[nH]1)c1ccccc1. The monoisotopic (exact) mass is 942 g/mol. The molecule has 3 amide bonds. The number of methoxy groups -OCH3 is 2. The first kappa shape index (κ1) is 44.2. The fourth-order valence-corrected chi connectivity index (χ4v) is 10.3. The maximum absolute atomic E-state index is 14.3. The number of H-pyrrole nitrogens is 2. The van der Waals surface area contributed by atoms with Crippen molar-refractivity contribution in [1.82, 2.24) is 40.4 Å². The van der Waals surface area contributed by atoms with Crippen LogP contribution in [0.3, 0.4) is 0 Å². The third-order valence-corrected chi connectivity index (χ3v) is 13.8. The second-order valence-electron chi connectivity index (χ2n) is 17.6. The van der Waals surface area contributed by atoms with Crippen molar-refractivity contribution in [3.63, 3.8) is 0 Å². The molecule has 2 unspecified atom stereocenters. The van der Waals surface area contributed by atoms with Gasteiger partial charge in [0.25, 0.3) is 0 Å². The van der Waals surface area contributed by atoms with Gasteiger partial charge in [0.15, 0.2) is 0 Å².